The Morgan fingerprint density at radius 2 is 1.30 bits per heavy atom. The molecule has 2 aromatic heterocycles. The van der Waals surface area contributed by atoms with E-state index in [4.69, 9.17) is 16.6 Å². The Morgan fingerprint density at radius 1 is 0.880 bits per heavy atom. The summed E-state index contributed by atoms with van der Waals surface area (Å²) in [7, 11) is 8.77. The quantitative estimate of drug-likeness (QED) is 0.0487. The number of anilines is 4. The molecule has 7 N–H and O–H groups in total. The van der Waals surface area contributed by atoms with E-state index in [1.165, 1.54) is 25.7 Å². The van der Waals surface area contributed by atoms with Gasteiger partial charge in [0.2, 0.25) is 16.2 Å². The Labute approximate surface area is 301 Å². The highest BCUT2D eigenvalue weighted by atomic mass is 35.5. The van der Waals surface area contributed by atoms with Crippen LogP contribution in [-0.2, 0) is 14.6 Å². The lowest BCUT2D eigenvalue weighted by Gasteiger charge is -2.24. The molecule has 0 aliphatic heterocycles. The fourth-order valence-corrected chi connectivity index (χ4v) is 3.24. The third-order valence-electron chi connectivity index (χ3n) is 5.71. The molecule has 0 saturated heterocycles. The second-order valence-corrected chi connectivity index (χ2v) is 13.5. The first kappa shape index (κ1) is 50.5. The lowest BCUT2D eigenvalue weighted by Crippen LogP contribution is -3.00. The van der Waals surface area contributed by atoms with Crippen LogP contribution in [0.15, 0.2) is 36.7 Å². The van der Waals surface area contributed by atoms with Gasteiger partial charge in [0, 0.05) is 6.61 Å². The number of nitro groups is 2. The standard InChI is InChI=1S/C10H16N5O4.C10H20N5.C6H10.C2H6O.CH4O4S.ClH/c1-15(2,3)5-4-11-10-9(14(18)19)6-8(7-12-10)13(16)17;1-15(2,3)5-4-13-10-9(12)6-8(11)7-14-10;1-2-4-6-5-3-1;1-2-3;1-5-6(2,3)4;/h6-7H,4-5H2,1-3H3,(H,11,12);6-7H,4-5,11-12H2,1-3H3,(H,13,14);1-2H,3-6H2;3H,2H2,1H3;1H3,(H,2,3,4);1H/q2*+1;;;;/p-2. The lowest BCUT2D eigenvalue weighted by atomic mass is 10.1. The summed E-state index contributed by atoms with van der Waals surface area (Å²) in [6, 6.07) is 2.61. The minimum absolute atomic E-state index is 0. The second kappa shape index (κ2) is 26.0. The van der Waals surface area contributed by atoms with Gasteiger partial charge in [-0.15, -0.1) is 0 Å². The minimum Gasteiger partial charge on any atom is -1.00 e. The monoisotopic (exact) mass is 754 g/mol. The molecule has 0 fully saturated rings. The van der Waals surface area contributed by atoms with Gasteiger partial charge >= 0.3 is 5.69 Å². The topological polar surface area (TPSA) is 275 Å². The summed E-state index contributed by atoms with van der Waals surface area (Å²) < 4.78 is 32.6. The molecule has 2 aromatic rings. The van der Waals surface area contributed by atoms with E-state index in [2.05, 4.69) is 58.1 Å². The number of nitrogen functional groups attached to an aromatic ring is 2. The Hall–Kier alpha value is -3.92. The normalized spacial score (nSPS) is 12.0. The van der Waals surface area contributed by atoms with Crippen molar-refractivity contribution >= 4 is 44.8 Å². The van der Waals surface area contributed by atoms with Gasteiger partial charge in [0.25, 0.3) is 5.69 Å². The average Bonchev–Trinajstić information content (AvgIpc) is 2.99. The first-order valence-electron chi connectivity index (χ1n) is 15.2. The van der Waals surface area contributed by atoms with E-state index in [1.807, 2.05) is 21.1 Å². The zero-order valence-electron chi connectivity index (χ0n) is 30.2. The molecule has 19 nitrogen and oxygen atoms in total. The molecule has 21 heteroatoms. The summed E-state index contributed by atoms with van der Waals surface area (Å²) >= 11 is 0. The number of quaternary nitrogens is 2. The molecule has 288 valence electrons. The summed E-state index contributed by atoms with van der Waals surface area (Å²) in [5, 5.41) is 35.0. The number of nitrogens with one attached hydrogen (secondary N) is 2. The van der Waals surface area contributed by atoms with Crippen LogP contribution in [0.3, 0.4) is 0 Å². The van der Waals surface area contributed by atoms with Crippen LogP contribution in [0.2, 0.25) is 0 Å². The highest BCUT2D eigenvalue weighted by Gasteiger charge is 2.21. The van der Waals surface area contributed by atoms with Crippen LogP contribution in [-0.4, -0.2) is 129 Å². The minimum atomic E-state index is -4.41. The summed E-state index contributed by atoms with van der Waals surface area (Å²) in [6.07, 6.45) is 12.6. The first-order chi connectivity index (χ1) is 22.6. The van der Waals surface area contributed by atoms with Crippen molar-refractivity contribution in [1.29, 1.82) is 0 Å². The maximum atomic E-state index is 10.9. The molecule has 0 bridgehead atoms. The maximum absolute atomic E-state index is 10.9. The average molecular weight is 755 g/mol. The lowest BCUT2D eigenvalue weighted by molar-refractivity contribution is -0.868. The van der Waals surface area contributed by atoms with Gasteiger partial charge in [-0.25, -0.2) is 18.4 Å². The molecule has 0 amide bonds. The summed E-state index contributed by atoms with van der Waals surface area (Å²) in [4.78, 5) is 27.9. The number of aliphatic hydroxyl groups excluding tert-OH is 1. The van der Waals surface area contributed by atoms with Gasteiger partial charge in [0.1, 0.15) is 12.0 Å². The number of pyridine rings is 2. The van der Waals surface area contributed by atoms with E-state index in [9.17, 15) is 33.2 Å². The summed E-state index contributed by atoms with van der Waals surface area (Å²) in [5.74, 6) is 0.752. The van der Waals surface area contributed by atoms with E-state index < -0.39 is 31.6 Å². The highest BCUT2D eigenvalue weighted by Crippen LogP contribution is 2.26. The third kappa shape index (κ3) is 29.0. The number of aromatic nitrogens is 2. The molecule has 0 radical (unpaired) electrons. The summed E-state index contributed by atoms with van der Waals surface area (Å²) in [6.45, 7) is 4.99. The van der Waals surface area contributed by atoms with Crippen molar-refractivity contribution in [3.05, 3.63) is 56.9 Å². The van der Waals surface area contributed by atoms with Gasteiger partial charge in [-0.05, 0) is 38.7 Å². The number of nitrogens with zero attached hydrogens (tertiary/aromatic N) is 6. The number of likely N-dealkylation sites (N-methyl/N-ethyl adjacent to an activating group) is 2. The van der Waals surface area contributed by atoms with E-state index in [-0.39, 0.29) is 24.8 Å². The molecule has 2 heterocycles. The second-order valence-electron chi connectivity index (χ2n) is 12.3. The van der Waals surface area contributed by atoms with E-state index in [1.54, 1.807) is 19.2 Å². The third-order valence-corrected chi connectivity index (χ3v) is 6.12. The fourth-order valence-electron chi connectivity index (χ4n) is 3.24. The van der Waals surface area contributed by atoms with Crippen LogP contribution in [0, 0.1) is 20.2 Å². The molecule has 1 aliphatic rings. The summed E-state index contributed by atoms with van der Waals surface area (Å²) in [5.41, 5.74) is 11.7. The van der Waals surface area contributed by atoms with Crippen molar-refractivity contribution in [3.63, 3.8) is 0 Å². The number of hydrogen-bond acceptors (Lipinski definition) is 15. The molecular formula is C29H55ClN10O9S. The van der Waals surface area contributed by atoms with Gasteiger partial charge in [-0.3, -0.25) is 24.4 Å². The number of rotatable bonds is 11. The van der Waals surface area contributed by atoms with Crippen LogP contribution < -0.4 is 34.5 Å². The SMILES string of the molecule is C1=CCCCC1.CCO.COS(=O)(=O)[O-].C[N+](C)(C)CCNc1ncc(N)cc1N.C[N+](C)(C)CCNc1ncc([N+](=O)[O-])cc1[N+](=O)[O-].[Cl-]. The van der Waals surface area contributed by atoms with Crippen LogP contribution in [0.25, 0.3) is 0 Å². The van der Waals surface area contributed by atoms with Gasteiger partial charge in [0.15, 0.2) is 0 Å². The van der Waals surface area contributed by atoms with Crippen LogP contribution in [0.5, 0.6) is 0 Å². The number of allylic oxidation sites excluding steroid dienone is 2. The Kier molecular flexibility index (Phi) is 26.2. The Morgan fingerprint density at radius 3 is 1.62 bits per heavy atom. The fraction of sp³-hybridized carbons (Fsp3) is 0.586. The number of hydrogen-bond donors (Lipinski definition) is 5. The Bertz CT molecular complexity index is 1400. The zero-order chi connectivity index (χ0) is 38.3. The zero-order valence-corrected chi connectivity index (χ0v) is 31.7. The van der Waals surface area contributed by atoms with Crippen LogP contribution in [0.1, 0.15) is 32.6 Å². The van der Waals surface area contributed by atoms with Crippen molar-refractivity contribution in [1.82, 2.24) is 9.97 Å². The molecule has 0 spiro atoms. The van der Waals surface area contributed by atoms with Crippen molar-refractivity contribution in [2.45, 2.75) is 32.6 Å². The van der Waals surface area contributed by atoms with E-state index in [0.717, 1.165) is 43.5 Å². The van der Waals surface area contributed by atoms with Gasteiger partial charge in [-0.2, -0.15) is 0 Å². The largest absolute Gasteiger partial charge is 1.00 e. The van der Waals surface area contributed by atoms with Gasteiger partial charge < -0.3 is 53.1 Å². The van der Waals surface area contributed by atoms with Crippen molar-refractivity contribution in [3.8, 4) is 0 Å². The number of nitrogens with two attached hydrogens (primary N) is 2. The molecule has 50 heavy (non-hydrogen) atoms. The van der Waals surface area contributed by atoms with Crippen molar-refractivity contribution < 1.29 is 53.5 Å². The molecule has 0 aromatic carbocycles. The van der Waals surface area contributed by atoms with Gasteiger partial charge in [0.05, 0.1) is 109 Å². The molecule has 0 unspecified atom stereocenters. The maximum Gasteiger partial charge on any atom is 0.318 e. The van der Waals surface area contributed by atoms with E-state index in [0.29, 0.717) is 28.2 Å². The van der Waals surface area contributed by atoms with Crippen molar-refractivity contribution in [2.24, 2.45) is 0 Å². The smallest absolute Gasteiger partial charge is 0.318 e. The Balaban J connectivity index is -0.000000627. The van der Waals surface area contributed by atoms with Crippen LogP contribution >= 0.6 is 0 Å². The first-order valence-corrected chi connectivity index (χ1v) is 16.6. The number of aliphatic hydroxyl groups is 1. The highest BCUT2D eigenvalue weighted by molar-refractivity contribution is 7.80. The molecule has 0 saturated carbocycles. The predicted molar refractivity (Wildman–Crippen MR) is 190 cm³/mol. The molecule has 1 aliphatic carbocycles. The molecule has 0 atom stereocenters. The predicted octanol–water partition coefficient (Wildman–Crippen LogP) is -0.408. The number of halogens is 1. The van der Waals surface area contributed by atoms with Crippen molar-refractivity contribution in [2.75, 3.05) is 104 Å². The molecular weight excluding hydrogens is 700 g/mol. The van der Waals surface area contributed by atoms with Gasteiger partial charge in [-0.1, -0.05) is 12.2 Å². The van der Waals surface area contributed by atoms with E-state index >= 15 is 0 Å². The molecule has 3 rings (SSSR count). The van der Waals surface area contributed by atoms with Crippen LogP contribution in [0.4, 0.5) is 34.4 Å².